The van der Waals surface area contributed by atoms with E-state index in [1.165, 1.54) is 0 Å². The van der Waals surface area contributed by atoms with Gasteiger partial charge in [0.25, 0.3) is 0 Å². The van der Waals surface area contributed by atoms with Gasteiger partial charge in [0.15, 0.2) is 0 Å². The van der Waals surface area contributed by atoms with Gasteiger partial charge in [-0.15, -0.1) is 0 Å². The molecule has 2 amide bonds. The minimum Gasteiger partial charge on any atom is -0.368 e. The third kappa shape index (κ3) is 4.99. The van der Waals surface area contributed by atoms with Gasteiger partial charge in [0.2, 0.25) is 11.8 Å². The topological polar surface area (TPSA) is 75.4 Å². The van der Waals surface area contributed by atoms with E-state index in [2.05, 4.69) is 21.2 Å². The summed E-state index contributed by atoms with van der Waals surface area (Å²) < 4.78 is 0.944. The van der Waals surface area contributed by atoms with Crippen molar-refractivity contribution >= 4 is 50.9 Å². The molecule has 0 saturated heterocycles. The van der Waals surface area contributed by atoms with Crippen molar-refractivity contribution in [3.8, 4) is 0 Å². The standard InChI is InChI=1S/C22H24BrCl2N3O2/c1-27-10-11-28(19(20(26)29)12-14-2-4-15(23)5-3-14)21(30)22(8-9-22)17-7-6-16(24)13-18(17)25/h2-7,13,19,27H,8-12H2,1H3,(H2,26,29)/t19-/m0/s1. The fraction of sp³-hybridized carbons (Fsp3) is 0.364. The highest BCUT2D eigenvalue weighted by Crippen LogP contribution is 2.52. The first-order valence-electron chi connectivity index (χ1n) is 9.73. The molecule has 30 heavy (non-hydrogen) atoms. The second-order valence-corrected chi connectivity index (χ2v) is 9.32. The maximum atomic E-state index is 13.8. The Bertz CT molecular complexity index is 932. The molecular formula is C22H24BrCl2N3O2. The van der Waals surface area contributed by atoms with Crippen LogP contribution in [0.1, 0.15) is 24.0 Å². The lowest BCUT2D eigenvalue weighted by Gasteiger charge is -2.33. The summed E-state index contributed by atoms with van der Waals surface area (Å²) in [6.07, 6.45) is 1.70. The molecule has 1 aliphatic rings. The van der Waals surface area contributed by atoms with Gasteiger partial charge in [0.05, 0.1) is 5.41 Å². The monoisotopic (exact) mass is 511 g/mol. The number of rotatable bonds is 9. The Kier molecular flexibility index (Phi) is 7.45. The summed E-state index contributed by atoms with van der Waals surface area (Å²) in [7, 11) is 1.81. The van der Waals surface area contributed by atoms with Crippen molar-refractivity contribution in [2.75, 3.05) is 20.1 Å². The number of likely N-dealkylation sites (N-methyl/N-ethyl adjacent to an activating group) is 1. The van der Waals surface area contributed by atoms with Crippen molar-refractivity contribution < 1.29 is 9.59 Å². The van der Waals surface area contributed by atoms with Gasteiger partial charge >= 0.3 is 0 Å². The minimum absolute atomic E-state index is 0.122. The first-order chi connectivity index (χ1) is 14.3. The number of hydrogen-bond donors (Lipinski definition) is 2. The number of nitrogens with zero attached hydrogens (tertiary/aromatic N) is 1. The second kappa shape index (κ2) is 9.69. The van der Waals surface area contributed by atoms with E-state index < -0.39 is 17.4 Å². The Morgan fingerprint density at radius 2 is 1.87 bits per heavy atom. The molecular weight excluding hydrogens is 489 g/mol. The molecule has 2 aromatic rings. The van der Waals surface area contributed by atoms with Gasteiger partial charge in [0.1, 0.15) is 6.04 Å². The van der Waals surface area contributed by atoms with Crippen LogP contribution in [0.15, 0.2) is 46.9 Å². The highest BCUT2D eigenvalue weighted by molar-refractivity contribution is 9.10. The lowest BCUT2D eigenvalue weighted by molar-refractivity contribution is -0.141. The molecule has 0 radical (unpaired) electrons. The fourth-order valence-corrected chi connectivity index (χ4v) is 4.57. The molecule has 0 heterocycles. The third-order valence-corrected chi connectivity index (χ3v) is 6.59. The zero-order chi connectivity index (χ0) is 21.9. The predicted octanol–water partition coefficient (Wildman–Crippen LogP) is 3.93. The largest absolute Gasteiger partial charge is 0.368 e. The molecule has 3 N–H and O–H groups in total. The van der Waals surface area contributed by atoms with Crippen LogP contribution in [0.4, 0.5) is 0 Å². The number of nitrogens with two attached hydrogens (primary N) is 1. The highest BCUT2D eigenvalue weighted by Gasteiger charge is 2.55. The number of benzene rings is 2. The van der Waals surface area contributed by atoms with Gasteiger partial charge in [0, 0.05) is 34.0 Å². The van der Waals surface area contributed by atoms with Crippen LogP contribution in [0.25, 0.3) is 0 Å². The average molecular weight is 513 g/mol. The van der Waals surface area contributed by atoms with E-state index in [1.807, 2.05) is 24.3 Å². The summed E-state index contributed by atoms with van der Waals surface area (Å²) in [5.41, 5.74) is 6.72. The Balaban J connectivity index is 1.93. The molecule has 0 unspecified atom stereocenters. The van der Waals surface area contributed by atoms with E-state index >= 15 is 0 Å². The predicted molar refractivity (Wildman–Crippen MR) is 124 cm³/mol. The van der Waals surface area contributed by atoms with E-state index in [0.717, 1.165) is 15.6 Å². The lowest BCUT2D eigenvalue weighted by atomic mass is 9.92. The van der Waals surface area contributed by atoms with Crippen molar-refractivity contribution in [3.63, 3.8) is 0 Å². The maximum absolute atomic E-state index is 13.8. The number of halogens is 3. The Morgan fingerprint density at radius 1 is 1.20 bits per heavy atom. The van der Waals surface area contributed by atoms with E-state index in [0.29, 0.717) is 42.4 Å². The Labute approximate surface area is 195 Å². The molecule has 8 heteroatoms. The zero-order valence-corrected chi connectivity index (χ0v) is 19.7. The molecule has 0 aliphatic heterocycles. The first-order valence-corrected chi connectivity index (χ1v) is 11.3. The van der Waals surface area contributed by atoms with Crippen LogP contribution in [0, 0.1) is 0 Å². The number of carbonyl (C=O) groups excluding carboxylic acids is 2. The molecule has 2 aromatic carbocycles. The summed E-state index contributed by atoms with van der Waals surface area (Å²) in [6, 6.07) is 12.1. The highest BCUT2D eigenvalue weighted by atomic mass is 79.9. The number of nitrogens with one attached hydrogen (secondary N) is 1. The molecule has 5 nitrogen and oxygen atoms in total. The molecule has 1 atom stereocenters. The van der Waals surface area contributed by atoms with Crippen LogP contribution in [0.5, 0.6) is 0 Å². The van der Waals surface area contributed by atoms with E-state index in [4.69, 9.17) is 28.9 Å². The van der Waals surface area contributed by atoms with Crippen LogP contribution < -0.4 is 11.1 Å². The van der Waals surface area contributed by atoms with Crippen molar-refractivity contribution in [1.82, 2.24) is 10.2 Å². The van der Waals surface area contributed by atoms with Crippen molar-refractivity contribution in [2.24, 2.45) is 5.73 Å². The molecule has 1 fully saturated rings. The van der Waals surface area contributed by atoms with Gasteiger partial charge in [-0.25, -0.2) is 0 Å². The Morgan fingerprint density at radius 3 is 2.40 bits per heavy atom. The molecule has 160 valence electrons. The molecule has 0 spiro atoms. The van der Waals surface area contributed by atoms with Crippen LogP contribution in [-0.2, 0) is 21.4 Å². The second-order valence-electron chi connectivity index (χ2n) is 7.56. The number of amides is 2. The van der Waals surface area contributed by atoms with Crippen molar-refractivity contribution in [2.45, 2.75) is 30.7 Å². The van der Waals surface area contributed by atoms with Crippen molar-refractivity contribution in [1.29, 1.82) is 0 Å². The summed E-state index contributed by atoms with van der Waals surface area (Å²) in [5.74, 6) is -0.650. The Hall–Kier alpha value is -1.60. The molecule has 0 aromatic heterocycles. The van der Waals surface area contributed by atoms with Gasteiger partial charge in [-0.3, -0.25) is 9.59 Å². The summed E-state index contributed by atoms with van der Waals surface area (Å²) >= 11 is 15.9. The lowest BCUT2D eigenvalue weighted by Crippen LogP contribution is -2.54. The van der Waals surface area contributed by atoms with E-state index in [1.54, 1.807) is 30.1 Å². The summed E-state index contributed by atoms with van der Waals surface area (Å²) in [6.45, 7) is 0.909. The van der Waals surface area contributed by atoms with Gasteiger partial charge < -0.3 is 16.0 Å². The van der Waals surface area contributed by atoms with E-state index in [9.17, 15) is 9.59 Å². The maximum Gasteiger partial charge on any atom is 0.240 e. The number of carbonyl (C=O) groups is 2. The minimum atomic E-state index is -0.754. The average Bonchev–Trinajstić information content (AvgIpc) is 3.50. The summed E-state index contributed by atoms with van der Waals surface area (Å²) in [4.78, 5) is 27.8. The third-order valence-electron chi connectivity index (χ3n) is 5.52. The van der Waals surface area contributed by atoms with Gasteiger partial charge in [-0.2, -0.15) is 0 Å². The van der Waals surface area contributed by atoms with Crippen LogP contribution >= 0.6 is 39.1 Å². The van der Waals surface area contributed by atoms with Crippen LogP contribution in [0.3, 0.4) is 0 Å². The summed E-state index contributed by atoms with van der Waals surface area (Å²) in [5, 5.41) is 4.03. The first kappa shape index (κ1) is 23.1. The molecule has 3 rings (SSSR count). The van der Waals surface area contributed by atoms with Crippen LogP contribution in [-0.4, -0.2) is 42.9 Å². The normalized spacial score (nSPS) is 15.5. The smallest absolute Gasteiger partial charge is 0.240 e. The molecule has 0 bridgehead atoms. The number of hydrogen-bond acceptors (Lipinski definition) is 3. The quantitative estimate of drug-likeness (QED) is 0.534. The van der Waals surface area contributed by atoms with Crippen LogP contribution in [0.2, 0.25) is 10.0 Å². The zero-order valence-electron chi connectivity index (χ0n) is 16.6. The SMILES string of the molecule is CNCCN(C(=O)C1(c2ccc(Cl)cc2Cl)CC1)[C@@H](Cc1ccc(Br)cc1)C(N)=O. The van der Waals surface area contributed by atoms with Gasteiger partial charge in [-0.1, -0.05) is 57.3 Å². The van der Waals surface area contributed by atoms with E-state index in [-0.39, 0.29) is 5.91 Å². The number of primary amides is 1. The molecule has 1 aliphatic carbocycles. The fourth-order valence-electron chi connectivity index (χ4n) is 3.72. The van der Waals surface area contributed by atoms with Gasteiger partial charge in [-0.05, 0) is 55.3 Å². The van der Waals surface area contributed by atoms with Crippen molar-refractivity contribution in [3.05, 3.63) is 68.1 Å². The molecule has 1 saturated carbocycles.